The normalized spacial score (nSPS) is 11.5. The first-order valence-corrected chi connectivity index (χ1v) is 7.23. The van der Waals surface area contributed by atoms with Gasteiger partial charge in [-0.25, -0.2) is 8.42 Å². The summed E-state index contributed by atoms with van der Waals surface area (Å²) in [6.45, 7) is 3.78. The van der Waals surface area contributed by atoms with Gasteiger partial charge in [-0.2, -0.15) is 0 Å². The molecule has 0 aliphatic rings. The lowest BCUT2D eigenvalue weighted by molar-refractivity contribution is -0.118. The molecule has 0 radical (unpaired) electrons. The number of sulfonamides is 1. The minimum Gasteiger partial charge on any atom is -0.361 e. The van der Waals surface area contributed by atoms with E-state index in [9.17, 15) is 13.2 Å². The molecule has 1 aromatic heterocycles. The van der Waals surface area contributed by atoms with Crippen LogP contribution in [0.4, 0.5) is 0 Å². The summed E-state index contributed by atoms with van der Waals surface area (Å²) in [5.41, 5.74) is 1.39. The van der Waals surface area contributed by atoms with Gasteiger partial charge in [-0.15, -0.1) is 0 Å². The van der Waals surface area contributed by atoms with Crippen LogP contribution in [0.3, 0.4) is 0 Å². The van der Waals surface area contributed by atoms with Crippen molar-refractivity contribution in [1.29, 1.82) is 0 Å². The number of amides is 1. The first-order chi connectivity index (χ1) is 7.87. The van der Waals surface area contributed by atoms with Gasteiger partial charge in [0.2, 0.25) is 15.9 Å². The van der Waals surface area contributed by atoms with Crippen molar-refractivity contribution in [2.24, 2.45) is 0 Å². The molecule has 1 amide bonds. The molecule has 0 fully saturated rings. The van der Waals surface area contributed by atoms with Crippen LogP contribution in [-0.2, 0) is 34.1 Å². The van der Waals surface area contributed by atoms with Crippen LogP contribution in [0.5, 0.6) is 0 Å². The van der Waals surface area contributed by atoms with Gasteiger partial charge < -0.3 is 4.52 Å². The van der Waals surface area contributed by atoms with E-state index in [1.54, 1.807) is 0 Å². The molecule has 0 aliphatic heterocycles. The van der Waals surface area contributed by atoms with Crippen molar-refractivity contribution in [3.8, 4) is 0 Å². The lowest BCUT2D eigenvalue weighted by atomic mass is 10.1. The highest BCUT2D eigenvalue weighted by Gasteiger charge is 2.18. The van der Waals surface area contributed by atoms with E-state index in [-0.39, 0.29) is 6.42 Å². The minimum absolute atomic E-state index is 0.0249. The van der Waals surface area contributed by atoms with Gasteiger partial charge >= 0.3 is 0 Å². The summed E-state index contributed by atoms with van der Waals surface area (Å²) in [4.78, 5) is 11.5. The molecular weight excluding hydrogens is 244 g/mol. The second-order valence-electron chi connectivity index (χ2n) is 3.71. The Kier molecular flexibility index (Phi) is 4.28. The Morgan fingerprint density at radius 2 is 2.00 bits per heavy atom. The molecule has 0 bridgehead atoms. The van der Waals surface area contributed by atoms with Gasteiger partial charge in [0, 0.05) is 12.0 Å². The van der Waals surface area contributed by atoms with Crippen molar-refractivity contribution in [3.63, 3.8) is 0 Å². The van der Waals surface area contributed by atoms with Gasteiger partial charge in [0.15, 0.2) is 0 Å². The third kappa shape index (κ3) is 3.85. The predicted molar refractivity (Wildman–Crippen MR) is 61.9 cm³/mol. The van der Waals surface area contributed by atoms with E-state index >= 15 is 0 Å². The largest absolute Gasteiger partial charge is 0.361 e. The summed E-state index contributed by atoms with van der Waals surface area (Å²) < 4.78 is 28.8. The summed E-state index contributed by atoms with van der Waals surface area (Å²) >= 11 is 0. The summed E-state index contributed by atoms with van der Waals surface area (Å²) in [6.07, 6.45) is 2.18. The molecule has 17 heavy (non-hydrogen) atoms. The molecule has 7 heteroatoms. The number of aryl methyl sites for hydroxylation is 2. The van der Waals surface area contributed by atoms with E-state index in [0.717, 1.165) is 6.26 Å². The van der Waals surface area contributed by atoms with Crippen molar-refractivity contribution in [2.75, 3.05) is 6.26 Å². The number of carbonyl (C=O) groups excluding carboxylic acids is 1. The Hall–Kier alpha value is -1.37. The molecule has 0 aliphatic carbocycles. The molecule has 0 unspecified atom stereocenters. The van der Waals surface area contributed by atoms with E-state index in [1.165, 1.54) is 0 Å². The summed E-state index contributed by atoms with van der Waals surface area (Å²) in [5, 5.41) is 3.85. The van der Waals surface area contributed by atoms with Gasteiger partial charge in [0.25, 0.3) is 0 Å². The number of rotatable bonds is 5. The average Bonchev–Trinajstić information content (AvgIpc) is 2.57. The van der Waals surface area contributed by atoms with Crippen LogP contribution in [0, 0.1) is 0 Å². The third-order valence-electron chi connectivity index (χ3n) is 2.24. The van der Waals surface area contributed by atoms with E-state index in [1.807, 2.05) is 18.6 Å². The number of nitrogens with one attached hydrogen (secondary N) is 1. The standard InChI is InChI=1S/C10H16N2O4S/c1-4-8-7(9(5-2)16-11-8)6-10(13)12-17(3,14)15/h4-6H2,1-3H3,(H,12,13). The average molecular weight is 260 g/mol. The zero-order valence-electron chi connectivity index (χ0n) is 10.1. The summed E-state index contributed by atoms with van der Waals surface area (Å²) in [5.74, 6) is 0.0607. The molecule has 1 N–H and O–H groups in total. The quantitative estimate of drug-likeness (QED) is 0.828. The van der Waals surface area contributed by atoms with E-state index in [4.69, 9.17) is 4.52 Å². The molecule has 1 aromatic rings. The highest BCUT2D eigenvalue weighted by Crippen LogP contribution is 2.16. The number of hydrogen-bond donors (Lipinski definition) is 1. The smallest absolute Gasteiger partial charge is 0.238 e. The molecule has 1 heterocycles. The number of aromatic nitrogens is 1. The van der Waals surface area contributed by atoms with Crippen LogP contribution < -0.4 is 4.72 Å². The molecule has 0 saturated carbocycles. The molecular formula is C10H16N2O4S. The molecule has 0 aromatic carbocycles. The highest BCUT2D eigenvalue weighted by molar-refractivity contribution is 7.89. The summed E-state index contributed by atoms with van der Waals surface area (Å²) in [6, 6.07) is 0. The Bertz CT molecular complexity index is 483. The molecule has 1 rings (SSSR count). The fourth-order valence-corrected chi connectivity index (χ4v) is 2.03. The van der Waals surface area contributed by atoms with Crippen LogP contribution in [0.1, 0.15) is 30.9 Å². The van der Waals surface area contributed by atoms with Crippen LogP contribution in [-0.4, -0.2) is 25.7 Å². The van der Waals surface area contributed by atoms with Crippen molar-refractivity contribution in [1.82, 2.24) is 9.88 Å². The third-order valence-corrected chi connectivity index (χ3v) is 2.84. The van der Waals surface area contributed by atoms with Gasteiger partial charge in [0.1, 0.15) is 5.76 Å². The van der Waals surface area contributed by atoms with Crippen LogP contribution in [0.2, 0.25) is 0 Å². The first-order valence-electron chi connectivity index (χ1n) is 5.34. The highest BCUT2D eigenvalue weighted by atomic mass is 32.2. The van der Waals surface area contributed by atoms with Gasteiger partial charge in [0.05, 0.1) is 18.4 Å². The summed E-state index contributed by atoms with van der Waals surface area (Å²) in [7, 11) is -3.52. The maximum atomic E-state index is 11.5. The Morgan fingerprint density at radius 1 is 1.35 bits per heavy atom. The molecule has 6 nitrogen and oxygen atoms in total. The van der Waals surface area contributed by atoms with Crippen LogP contribution >= 0.6 is 0 Å². The minimum atomic E-state index is -3.52. The van der Waals surface area contributed by atoms with Crippen molar-refractivity contribution >= 4 is 15.9 Å². The van der Waals surface area contributed by atoms with E-state index < -0.39 is 15.9 Å². The predicted octanol–water partition coefficient (Wildman–Crippen LogP) is 0.418. The molecule has 96 valence electrons. The first kappa shape index (κ1) is 13.7. The number of nitrogens with zero attached hydrogens (tertiary/aromatic N) is 1. The van der Waals surface area contributed by atoms with Gasteiger partial charge in [-0.05, 0) is 6.42 Å². The fourth-order valence-electron chi connectivity index (χ4n) is 1.54. The zero-order chi connectivity index (χ0) is 13.1. The Morgan fingerprint density at radius 3 is 2.47 bits per heavy atom. The lowest BCUT2D eigenvalue weighted by Gasteiger charge is -2.03. The van der Waals surface area contributed by atoms with E-state index in [2.05, 4.69) is 5.16 Å². The van der Waals surface area contributed by atoms with Gasteiger partial charge in [-0.1, -0.05) is 19.0 Å². The maximum Gasteiger partial charge on any atom is 0.238 e. The maximum absolute atomic E-state index is 11.5. The fraction of sp³-hybridized carbons (Fsp3) is 0.600. The number of hydrogen-bond acceptors (Lipinski definition) is 5. The molecule has 0 atom stereocenters. The monoisotopic (exact) mass is 260 g/mol. The van der Waals surface area contributed by atoms with E-state index in [0.29, 0.717) is 29.9 Å². The van der Waals surface area contributed by atoms with Gasteiger partial charge in [-0.3, -0.25) is 9.52 Å². The lowest BCUT2D eigenvalue weighted by Crippen LogP contribution is -2.31. The topological polar surface area (TPSA) is 89.3 Å². The van der Waals surface area contributed by atoms with Crippen LogP contribution in [0.25, 0.3) is 0 Å². The Balaban J connectivity index is 2.87. The van der Waals surface area contributed by atoms with Crippen molar-refractivity contribution < 1.29 is 17.7 Å². The van der Waals surface area contributed by atoms with Crippen molar-refractivity contribution in [2.45, 2.75) is 33.1 Å². The van der Waals surface area contributed by atoms with Crippen LogP contribution in [0.15, 0.2) is 4.52 Å². The zero-order valence-corrected chi connectivity index (χ0v) is 10.9. The SMILES string of the molecule is CCc1noc(CC)c1CC(=O)NS(C)(=O)=O. The number of carbonyl (C=O) groups is 1. The van der Waals surface area contributed by atoms with Crippen molar-refractivity contribution in [3.05, 3.63) is 17.0 Å². The second-order valence-corrected chi connectivity index (χ2v) is 5.46. The molecule has 0 spiro atoms. The Labute approximate surface area is 100 Å². The molecule has 0 saturated heterocycles. The second kappa shape index (κ2) is 5.31.